The molecule has 0 aliphatic carbocycles. The largest absolute Gasteiger partial charge is 0.454 e. The van der Waals surface area contributed by atoms with Crippen LogP contribution in [0, 0.1) is 5.92 Å². The van der Waals surface area contributed by atoms with Crippen LogP contribution in [-0.4, -0.2) is 41.2 Å². The highest BCUT2D eigenvalue weighted by molar-refractivity contribution is 9.10. The Kier molecular flexibility index (Phi) is 4.90. The SMILES string of the molecule is C=CC(=O)N1CCCC(C(=O)N2CCCc3oc(Br)cc3C2)C1. The summed E-state index contributed by atoms with van der Waals surface area (Å²) in [5.41, 5.74) is 1.08. The van der Waals surface area contributed by atoms with Crippen LogP contribution in [0.1, 0.15) is 30.6 Å². The van der Waals surface area contributed by atoms with Crippen molar-refractivity contribution in [1.29, 1.82) is 0 Å². The third-order valence-corrected chi connectivity index (χ3v) is 5.02. The third kappa shape index (κ3) is 3.52. The number of aryl methyl sites for hydroxylation is 1. The van der Waals surface area contributed by atoms with E-state index in [1.807, 2.05) is 11.0 Å². The molecular formula is C17H21BrN2O3. The predicted octanol–water partition coefficient (Wildman–Crippen LogP) is 2.74. The second-order valence-electron chi connectivity index (χ2n) is 6.19. The molecule has 2 amide bonds. The first-order chi connectivity index (χ1) is 11.1. The summed E-state index contributed by atoms with van der Waals surface area (Å²) in [6.07, 6.45) is 4.80. The highest BCUT2D eigenvalue weighted by Crippen LogP contribution is 2.27. The summed E-state index contributed by atoms with van der Waals surface area (Å²) >= 11 is 3.36. The van der Waals surface area contributed by atoms with Gasteiger partial charge in [-0.15, -0.1) is 0 Å². The Bertz CT molecular complexity index is 625. The van der Waals surface area contributed by atoms with Crippen LogP contribution in [0.2, 0.25) is 0 Å². The molecule has 0 spiro atoms. The molecular weight excluding hydrogens is 360 g/mol. The molecule has 0 bridgehead atoms. The zero-order chi connectivity index (χ0) is 16.4. The number of hydrogen-bond acceptors (Lipinski definition) is 3. The van der Waals surface area contributed by atoms with Crippen LogP contribution in [0.4, 0.5) is 0 Å². The van der Waals surface area contributed by atoms with Crippen molar-refractivity contribution in [1.82, 2.24) is 9.80 Å². The lowest BCUT2D eigenvalue weighted by atomic mass is 9.96. The van der Waals surface area contributed by atoms with E-state index in [2.05, 4.69) is 22.5 Å². The van der Waals surface area contributed by atoms with Crippen LogP contribution in [0.25, 0.3) is 0 Å². The lowest BCUT2D eigenvalue weighted by molar-refractivity contribution is -0.140. The molecule has 2 aliphatic heterocycles. The molecule has 0 radical (unpaired) electrons. The number of likely N-dealkylation sites (tertiary alicyclic amines) is 1. The molecule has 0 saturated carbocycles. The van der Waals surface area contributed by atoms with E-state index in [4.69, 9.17) is 4.42 Å². The highest BCUT2D eigenvalue weighted by atomic mass is 79.9. The molecule has 124 valence electrons. The van der Waals surface area contributed by atoms with Crippen molar-refractivity contribution in [3.05, 3.63) is 34.7 Å². The minimum absolute atomic E-state index is 0.0839. The van der Waals surface area contributed by atoms with E-state index in [-0.39, 0.29) is 17.7 Å². The number of fused-ring (bicyclic) bond motifs is 1. The first kappa shape index (κ1) is 16.3. The molecule has 1 aromatic rings. The molecule has 1 saturated heterocycles. The van der Waals surface area contributed by atoms with Gasteiger partial charge in [0.25, 0.3) is 0 Å². The van der Waals surface area contributed by atoms with Gasteiger partial charge in [-0.3, -0.25) is 9.59 Å². The molecule has 1 unspecified atom stereocenters. The first-order valence-corrected chi connectivity index (χ1v) is 8.85. The minimum atomic E-state index is -0.107. The Hall–Kier alpha value is -1.56. The van der Waals surface area contributed by atoms with Crippen molar-refractivity contribution in [3.8, 4) is 0 Å². The number of carbonyl (C=O) groups is 2. The maximum atomic E-state index is 12.9. The average Bonchev–Trinajstić information content (AvgIpc) is 2.80. The Balaban J connectivity index is 1.70. The zero-order valence-electron chi connectivity index (χ0n) is 13.1. The van der Waals surface area contributed by atoms with E-state index in [0.717, 1.165) is 48.2 Å². The molecule has 3 rings (SSSR count). The van der Waals surface area contributed by atoms with E-state index >= 15 is 0 Å². The molecule has 6 heteroatoms. The maximum absolute atomic E-state index is 12.9. The van der Waals surface area contributed by atoms with Gasteiger partial charge in [0, 0.05) is 38.2 Å². The van der Waals surface area contributed by atoms with Crippen molar-refractivity contribution in [2.45, 2.75) is 32.2 Å². The number of nitrogens with zero attached hydrogens (tertiary/aromatic N) is 2. The Labute approximate surface area is 144 Å². The van der Waals surface area contributed by atoms with E-state index in [1.54, 1.807) is 4.90 Å². The highest BCUT2D eigenvalue weighted by Gasteiger charge is 2.32. The van der Waals surface area contributed by atoms with Gasteiger partial charge in [0.2, 0.25) is 11.8 Å². The van der Waals surface area contributed by atoms with Crippen molar-refractivity contribution in [2.24, 2.45) is 5.92 Å². The molecule has 5 nitrogen and oxygen atoms in total. The summed E-state index contributed by atoms with van der Waals surface area (Å²) in [6.45, 7) is 6.09. The molecule has 23 heavy (non-hydrogen) atoms. The second kappa shape index (κ2) is 6.91. The maximum Gasteiger partial charge on any atom is 0.245 e. The van der Waals surface area contributed by atoms with Gasteiger partial charge in [-0.25, -0.2) is 0 Å². The molecule has 0 aromatic carbocycles. The Morgan fingerprint density at radius 1 is 1.30 bits per heavy atom. The number of amides is 2. The second-order valence-corrected chi connectivity index (χ2v) is 6.97. The normalized spacial score (nSPS) is 21.5. The summed E-state index contributed by atoms with van der Waals surface area (Å²) in [7, 11) is 0. The standard InChI is InChI=1S/C17H21BrN2O3/c1-2-16(21)19-7-3-5-12(10-19)17(22)20-8-4-6-14-13(11-20)9-15(18)23-14/h2,9,12H,1,3-8,10-11H2. The van der Waals surface area contributed by atoms with E-state index in [9.17, 15) is 9.59 Å². The number of hydrogen-bond donors (Lipinski definition) is 0. The van der Waals surface area contributed by atoms with Crippen LogP contribution in [0.15, 0.2) is 27.8 Å². The number of halogens is 1. The van der Waals surface area contributed by atoms with Crippen LogP contribution < -0.4 is 0 Å². The fraction of sp³-hybridized carbons (Fsp3) is 0.529. The topological polar surface area (TPSA) is 53.8 Å². The fourth-order valence-electron chi connectivity index (χ4n) is 3.45. The summed E-state index contributed by atoms with van der Waals surface area (Å²) in [4.78, 5) is 28.3. The van der Waals surface area contributed by atoms with Crippen molar-refractivity contribution < 1.29 is 14.0 Å². The van der Waals surface area contributed by atoms with E-state index in [0.29, 0.717) is 19.6 Å². The van der Waals surface area contributed by atoms with Gasteiger partial charge in [-0.1, -0.05) is 6.58 Å². The van der Waals surface area contributed by atoms with Gasteiger partial charge >= 0.3 is 0 Å². The number of carbonyl (C=O) groups excluding carboxylic acids is 2. The van der Waals surface area contributed by atoms with Crippen LogP contribution in [0.3, 0.4) is 0 Å². The predicted molar refractivity (Wildman–Crippen MR) is 89.6 cm³/mol. The summed E-state index contributed by atoms with van der Waals surface area (Å²) < 4.78 is 6.36. The van der Waals surface area contributed by atoms with Crippen LogP contribution in [0.5, 0.6) is 0 Å². The molecule has 1 atom stereocenters. The minimum Gasteiger partial charge on any atom is -0.454 e. The third-order valence-electron chi connectivity index (χ3n) is 4.63. The van der Waals surface area contributed by atoms with Crippen LogP contribution in [-0.2, 0) is 22.6 Å². The first-order valence-electron chi connectivity index (χ1n) is 8.05. The van der Waals surface area contributed by atoms with Gasteiger partial charge in [0.05, 0.1) is 5.92 Å². The molecule has 1 fully saturated rings. The summed E-state index contributed by atoms with van der Waals surface area (Å²) in [5, 5.41) is 0. The lowest BCUT2D eigenvalue weighted by Gasteiger charge is -2.34. The van der Waals surface area contributed by atoms with Crippen molar-refractivity contribution in [2.75, 3.05) is 19.6 Å². The van der Waals surface area contributed by atoms with Gasteiger partial charge in [0.1, 0.15) is 5.76 Å². The van der Waals surface area contributed by atoms with Gasteiger partial charge < -0.3 is 14.2 Å². The van der Waals surface area contributed by atoms with E-state index < -0.39 is 0 Å². The quantitative estimate of drug-likeness (QED) is 0.741. The van der Waals surface area contributed by atoms with Gasteiger partial charge in [0.15, 0.2) is 4.67 Å². The van der Waals surface area contributed by atoms with Crippen molar-refractivity contribution >= 4 is 27.7 Å². The molecule has 2 aliphatic rings. The number of furan rings is 1. The summed E-state index contributed by atoms with van der Waals surface area (Å²) in [6, 6.07) is 1.95. The Morgan fingerprint density at radius 2 is 2.09 bits per heavy atom. The molecule has 3 heterocycles. The van der Waals surface area contributed by atoms with Gasteiger partial charge in [-0.05, 0) is 47.3 Å². The smallest absolute Gasteiger partial charge is 0.245 e. The fourth-order valence-corrected chi connectivity index (χ4v) is 3.92. The van der Waals surface area contributed by atoms with Gasteiger partial charge in [-0.2, -0.15) is 0 Å². The Morgan fingerprint density at radius 3 is 2.87 bits per heavy atom. The van der Waals surface area contributed by atoms with E-state index in [1.165, 1.54) is 6.08 Å². The molecule has 1 aromatic heterocycles. The zero-order valence-corrected chi connectivity index (χ0v) is 14.7. The summed E-state index contributed by atoms with van der Waals surface area (Å²) in [5.74, 6) is 0.931. The van der Waals surface area contributed by atoms with Crippen LogP contribution >= 0.6 is 15.9 Å². The average molecular weight is 381 g/mol. The lowest BCUT2D eigenvalue weighted by Crippen LogP contribution is -2.46. The number of rotatable bonds is 2. The van der Waals surface area contributed by atoms with Crippen molar-refractivity contribution in [3.63, 3.8) is 0 Å². The monoisotopic (exact) mass is 380 g/mol. The molecule has 0 N–H and O–H groups in total. The number of piperidine rings is 1.